The summed E-state index contributed by atoms with van der Waals surface area (Å²) in [4.78, 5) is 13.8. The van der Waals surface area contributed by atoms with Crippen LogP contribution in [0.2, 0.25) is 0 Å². The zero-order valence-electron chi connectivity index (χ0n) is 22.0. The zero-order chi connectivity index (χ0) is 25.7. The predicted octanol–water partition coefficient (Wildman–Crippen LogP) is 4.54. The molecule has 2 aliphatic heterocycles. The molecule has 0 radical (unpaired) electrons. The molecule has 0 N–H and O–H groups in total. The second kappa shape index (κ2) is 9.61. The van der Waals surface area contributed by atoms with Gasteiger partial charge < -0.3 is 14.5 Å². The van der Waals surface area contributed by atoms with E-state index < -0.39 is 0 Å². The number of hydrogen-bond acceptors (Lipinski definition) is 7. The van der Waals surface area contributed by atoms with Gasteiger partial charge in [0.25, 0.3) is 0 Å². The molecular weight excluding hydrogens is 469 g/mol. The van der Waals surface area contributed by atoms with Gasteiger partial charge in [-0.3, -0.25) is 4.98 Å². The van der Waals surface area contributed by atoms with Crippen LogP contribution in [0.25, 0.3) is 33.1 Å². The molecule has 4 aromatic rings. The van der Waals surface area contributed by atoms with E-state index in [1.165, 1.54) is 0 Å². The highest BCUT2D eigenvalue weighted by Crippen LogP contribution is 2.38. The average Bonchev–Trinajstić information content (AvgIpc) is 3.51. The van der Waals surface area contributed by atoms with E-state index in [0.29, 0.717) is 35.1 Å². The molecule has 6 rings (SSSR count). The Bertz CT molecular complexity index is 1440. The molecule has 0 spiro atoms. The van der Waals surface area contributed by atoms with Gasteiger partial charge in [0.2, 0.25) is 5.88 Å². The molecular formula is C28H34FN7O. The molecule has 0 amide bonds. The van der Waals surface area contributed by atoms with E-state index >= 15 is 4.39 Å². The third-order valence-corrected chi connectivity index (χ3v) is 8.12. The lowest BCUT2D eigenvalue weighted by Gasteiger charge is -2.29. The normalized spacial score (nSPS) is 19.9. The van der Waals surface area contributed by atoms with Crippen molar-refractivity contribution >= 4 is 21.9 Å². The molecule has 2 aliphatic rings. The number of piperidine rings is 1. The van der Waals surface area contributed by atoms with Crippen molar-refractivity contribution in [3.63, 3.8) is 0 Å². The van der Waals surface area contributed by atoms with Gasteiger partial charge in [0.1, 0.15) is 17.6 Å². The zero-order valence-corrected chi connectivity index (χ0v) is 22.0. The average molecular weight is 504 g/mol. The molecule has 1 unspecified atom stereocenters. The summed E-state index contributed by atoms with van der Waals surface area (Å²) >= 11 is 0. The van der Waals surface area contributed by atoms with Gasteiger partial charge in [-0.2, -0.15) is 0 Å². The van der Waals surface area contributed by atoms with E-state index in [4.69, 9.17) is 9.72 Å². The smallest absolute Gasteiger partial charge is 0.245 e. The molecule has 0 bridgehead atoms. The highest BCUT2D eigenvalue weighted by atomic mass is 19.1. The van der Waals surface area contributed by atoms with Crippen LogP contribution >= 0.6 is 0 Å². The Balaban J connectivity index is 1.53. The Morgan fingerprint density at radius 1 is 1.05 bits per heavy atom. The molecule has 8 nitrogen and oxygen atoms in total. The molecule has 37 heavy (non-hydrogen) atoms. The minimum absolute atomic E-state index is 0.199. The molecule has 5 heterocycles. The minimum Gasteiger partial charge on any atom is -0.474 e. The van der Waals surface area contributed by atoms with Gasteiger partial charge in [-0.1, -0.05) is 11.3 Å². The largest absolute Gasteiger partial charge is 0.474 e. The van der Waals surface area contributed by atoms with Gasteiger partial charge >= 0.3 is 0 Å². The fourth-order valence-electron chi connectivity index (χ4n) is 5.83. The maximum absolute atomic E-state index is 16.3. The standard InChI is InChI=1S/C28H34FN7O/c1-17-14-22-25(24(29)23(17)19-8-7-18(2)30-15-19)31-28(37-16-21-6-5-11-35(21)4)26-27(22)36(33-32-26)20-9-12-34(3)13-10-20/h7-8,14-15,20-21H,5-6,9-13,16H2,1-4H3. The lowest BCUT2D eigenvalue weighted by Crippen LogP contribution is -2.32. The first-order chi connectivity index (χ1) is 17.9. The van der Waals surface area contributed by atoms with Crippen molar-refractivity contribution in [3.05, 3.63) is 41.5 Å². The summed E-state index contributed by atoms with van der Waals surface area (Å²) in [6.45, 7) is 7.40. The number of nitrogens with zero attached hydrogens (tertiary/aromatic N) is 7. The summed E-state index contributed by atoms with van der Waals surface area (Å²) in [5.74, 6) is -0.000716. The summed E-state index contributed by atoms with van der Waals surface area (Å²) in [5, 5.41) is 9.85. The van der Waals surface area contributed by atoms with E-state index in [1.54, 1.807) is 6.20 Å². The quantitative estimate of drug-likeness (QED) is 0.396. The van der Waals surface area contributed by atoms with Crippen LogP contribution in [-0.2, 0) is 0 Å². The van der Waals surface area contributed by atoms with E-state index in [-0.39, 0.29) is 11.9 Å². The molecule has 3 aromatic heterocycles. The molecule has 9 heteroatoms. The van der Waals surface area contributed by atoms with Crippen LogP contribution in [0.1, 0.15) is 43.0 Å². The number of likely N-dealkylation sites (N-methyl/N-ethyl adjacent to an activating group) is 1. The Labute approximate surface area is 216 Å². The van der Waals surface area contributed by atoms with Crippen molar-refractivity contribution in [2.75, 3.05) is 40.3 Å². The van der Waals surface area contributed by atoms with Gasteiger partial charge in [0.05, 0.1) is 6.04 Å². The first kappa shape index (κ1) is 24.2. The molecule has 1 aromatic carbocycles. The lowest BCUT2D eigenvalue weighted by molar-refractivity contribution is 0.195. The first-order valence-electron chi connectivity index (χ1n) is 13.2. The Morgan fingerprint density at radius 3 is 2.57 bits per heavy atom. The molecule has 194 valence electrons. The van der Waals surface area contributed by atoms with Gasteiger partial charge in [-0.25, -0.2) is 14.1 Å². The van der Waals surface area contributed by atoms with Crippen LogP contribution in [-0.4, -0.2) is 81.1 Å². The number of benzene rings is 1. The lowest BCUT2D eigenvalue weighted by atomic mass is 9.97. The van der Waals surface area contributed by atoms with Crippen molar-refractivity contribution in [2.24, 2.45) is 0 Å². The number of aromatic nitrogens is 5. The highest BCUT2D eigenvalue weighted by Gasteiger charge is 2.28. The number of ether oxygens (including phenoxy) is 1. The number of pyridine rings is 2. The van der Waals surface area contributed by atoms with Crippen LogP contribution < -0.4 is 4.74 Å². The predicted molar refractivity (Wildman–Crippen MR) is 142 cm³/mol. The van der Waals surface area contributed by atoms with Crippen LogP contribution in [0.3, 0.4) is 0 Å². The van der Waals surface area contributed by atoms with Crippen LogP contribution in [0.5, 0.6) is 5.88 Å². The Morgan fingerprint density at radius 2 is 1.86 bits per heavy atom. The minimum atomic E-state index is -0.360. The van der Waals surface area contributed by atoms with E-state index in [9.17, 15) is 0 Å². The number of aryl methyl sites for hydroxylation is 2. The maximum Gasteiger partial charge on any atom is 0.245 e. The van der Waals surface area contributed by atoms with Crippen molar-refractivity contribution in [1.82, 2.24) is 34.8 Å². The monoisotopic (exact) mass is 503 g/mol. The second-order valence-corrected chi connectivity index (χ2v) is 10.7. The van der Waals surface area contributed by atoms with Crippen molar-refractivity contribution in [3.8, 4) is 17.0 Å². The topological polar surface area (TPSA) is 72.2 Å². The third-order valence-electron chi connectivity index (χ3n) is 8.12. The SMILES string of the molecule is Cc1ccc(-c2c(C)cc3c(nc(OCC4CCCN4C)c4nnn(C5CCN(C)CC5)c43)c2F)cn1. The second-order valence-electron chi connectivity index (χ2n) is 10.7. The number of hydrogen-bond donors (Lipinski definition) is 0. The van der Waals surface area contributed by atoms with Crippen LogP contribution in [0.15, 0.2) is 24.4 Å². The Kier molecular flexibility index (Phi) is 6.28. The van der Waals surface area contributed by atoms with Gasteiger partial charge in [0, 0.05) is 34.4 Å². The van der Waals surface area contributed by atoms with Crippen LogP contribution in [0.4, 0.5) is 4.39 Å². The van der Waals surface area contributed by atoms with Crippen LogP contribution in [0, 0.1) is 19.7 Å². The molecule has 0 saturated carbocycles. The van der Waals surface area contributed by atoms with Gasteiger partial charge in [-0.05, 0) is 91.0 Å². The number of halogens is 1. The number of likely N-dealkylation sites (tertiary alicyclic amines) is 2. The fourth-order valence-corrected chi connectivity index (χ4v) is 5.83. The summed E-state index contributed by atoms with van der Waals surface area (Å²) in [5.41, 5.74) is 4.69. The molecule has 1 atom stereocenters. The fraction of sp³-hybridized carbons (Fsp3) is 0.500. The van der Waals surface area contributed by atoms with Crippen molar-refractivity contribution in [2.45, 2.75) is 51.6 Å². The number of fused-ring (bicyclic) bond motifs is 3. The van der Waals surface area contributed by atoms with E-state index in [1.807, 2.05) is 36.7 Å². The summed E-state index contributed by atoms with van der Waals surface area (Å²) in [6.07, 6.45) is 5.89. The summed E-state index contributed by atoms with van der Waals surface area (Å²) in [6, 6.07) is 6.35. The summed E-state index contributed by atoms with van der Waals surface area (Å²) in [7, 11) is 4.26. The molecule has 2 saturated heterocycles. The summed E-state index contributed by atoms with van der Waals surface area (Å²) < 4.78 is 24.6. The highest BCUT2D eigenvalue weighted by molar-refractivity contribution is 6.06. The number of rotatable bonds is 5. The Hall–Kier alpha value is -3.17. The van der Waals surface area contributed by atoms with Crippen molar-refractivity contribution in [1.29, 1.82) is 0 Å². The molecule has 2 fully saturated rings. The maximum atomic E-state index is 16.3. The van der Waals surface area contributed by atoms with E-state index in [0.717, 1.165) is 73.0 Å². The first-order valence-corrected chi connectivity index (χ1v) is 13.2. The van der Waals surface area contributed by atoms with Gasteiger partial charge in [0.15, 0.2) is 11.3 Å². The molecule has 0 aliphatic carbocycles. The van der Waals surface area contributed by atoms with Crippen molar-refractivity contribution < 1.29 is 9.13 Å². The van der Waals surface area contributed by atoms with E-state index in [2.05, 4.69) is 39.2 Å². The third kappa shape index (κ3) is 4.34. The van der Waals surface area contributed by atoms with Gasteiger partial charge in [-0.15, -0.1) is 5.10 Å².